The van der Waals surface area contributed by atoms with E-state index in [1.807, 2.05) is 0 Å². The molecule has 0 amide bonds. The highest BCUT2D eigenvalue weighted by molar-refractivity contribution is 5.66. The summed E-state index contributed by atoms with van der Waals surface area (Å²) in [6.45, 7) is 2.15. The number of nitro groups is 1. The lowest BCUT2D eigenvalue weighted by Gasteiger charge is -2.09. The first kappa shape index (κ1) is 21.9. The predicted octanol–water partition coefficient (Wildman–Crippen LogP) is 5.59. The SMILES string of the molecule is CCCCCCC(CCCCCCCCCCC(=O)O)[N+](=O)[O-]. The molecule has 5 heteroatoms. The average Bonchev–Trinajstić information content (AvgIpc) is 2.50. The molecule has 0 saturated heterocycles. The van der Waals surface area contributed by atoms with E-state index in [1.165, 1.54) is 12.8 Å². The molecule has 0 spiro atoms. The zero-order chi connectivity index (χ0) is 17.3. The van der Waals surface area contributed by atoms with Gasteiger partial charge in [-0.1, -0.05) is 64.7 Å². The number of carboxylic acid groups (broad SMARTS) is 1. The molecule has 1 atom stereocenters. The topological polar surface area (TPSA) is 80.4 Å². The molecule has 0 rings (SSSR count). The third kappa shape index (κ3) is 15.5. The molecule has 0 aliphatic carbocycles. The Labute approximate surface area is 141 Å². The van der Waals surface area contributed by atoms with Crippen LogP contribution in [0.4, 0.5) is 0 Å². The molecule has 136 valence electrons. The lowest BCUT2D eigenvalue weighted by Crippen LogP contribution is -2.19. The van der Waals surface area contributed by atoms with E-state index in [1.54, 1.807) is 0 Å². The Kier molecular flexibility index (Phi) is 15.0. The first-order valence-electron chi connectivity index (χ1n) is 9.43. The van der Waals surface area contributed by atoms with Crippen molar-refractivity contribution < 1.29 is 14.8 Å². The number of aliphatic carboxylic acids is 1. The van der Waals surface area contributed by atoms with Gasteiger partial charge in [-0.05, 0) is 19.3 Å². The summed E-state index contributed by atoms with van der Waals surface area (Å²) >= 11 is 0. The van der Waals surface area contributed by atoms with Crippen molar-refractivity contribution in [3.8, 4) is 0 Å². The monoisotopic (exact) mass is 329 g/mol. The van der Waals surface area contributed by atoms with Crippen LogP contribution >= 0.6 is 0 Å². The van der Waals surface area contributed by atoms with Gasteiger partial charge in [-0.3, -0.25) is 14.9 Å². The maximum absolute atomic E-state index is 11.0. The molecule has 0 aromatic rings. The molecule has 1 N–H and O–H groups in total. The lowest BCUT2D eigenvalue weighted by atomic mass is 10.0. The minimum Gasteiger partial charge on any atom is -0.481 e. The summed E-state index contributed by atoms with van der Waals surface area (Å²) in [4.78, 5) is 21.3. The minimum atomic E-state index is -0.708. The first-order chi connectivity index (χ1) is 11.1. The Hall–Kier alpha value is -1.13. The van der Waals surface area contributed by atoms with Crippen molar-refractivity contribution >= 4 is 5.97 Å². The van der Waals surface area contributed by atoms with Crippen molar-refractivity contribution in [1.82, 2.24) is 0 Å². The van der Waals surface area contributed by atoms with Crippen LogP contribution in [0.2, 0.25) is 0 Å². The van der Waals surface area contributed by atoms with Crippen molar-refractivity contribution in [1.29, 1.82) is 0 Å². The number of carbonyl (C=O) groups is 1. The Morgan fingerprint density at radius 3 is 1.74 bits per heavy atom. The molecule has 0 radical (unpaired) electrons. The van der Waals surface area contributed by atoms with Crippen LogP contribution in [0.15, 0.2) is 0 Å². The molecular weight excluding hydrogens is 294 g/mol. The predicted molar refractivity (Wildman–Crippen MR) is 93.3 cm³/mol. The van der Waals surface area contributed by atoms with Crippen LogP contribution in [-0.2, 0) is 4.79 Å². The molecule has 0 fully saturated rings. The number of carboxylic acids is 1. The second-order valence-electron chi connectivity index (χ2n) is 6.55. The zero-order valence-electron chi connectivity index (χ0n) is 14.8. The molecule has 0 bridgehead atoms. The molecule has 0 aliphatic heterocycles. The summed E-state index contributed by atoms with van der Waals surface area (Å²) in [5, 5.41) is 19.6. The second kappa shape index (κ2) is 15.8. The van der Waals surface area contributed by atoms with Gasteiger partial charge in [-0.15, -0.1) is 0 Å². The fourth-order valence-corrected chi connectivity index (χ4v) is 2.88. The molecule has 0 aromatic carbocycles. The van der Waals surface area contributed by atoms with Gasteiger partial charge in [0.25, 0.3) is 0 Å². The van der Waals surface area contributed by atoms with Crippen LogP contribution in [0.5, 0.6) is 0 Å². The lowest BCUT2D eigenvalue weighted by molar-refractivity contribution is -0.524. The van der Waals surface area contributed by atoms with Gasteiger partial charge >= 0.3 is 5.97 Å². The van der Waals surface area contributed by atoms with E-state index in [0.29, 0.717) is 0 Å². The molecule has 1 unspecified atom stereocenters. The van der Waals surface area contributed by atoms with Crippen LogP contribution in [0.1, 0.15) is 103 Å². The van der Waals surface area contributed by atoms with Crippen molar-refractivity contribution in [2.75, 3.05) is 0 Å². The van der Waals surface area contributed by atoms with Gasteiger partial charge in [0.15, 0.2) is 0 Å². The van der Waals surface area contributed by atoms with Gasteiger partial charge in [-0.2, -0.15) is 0 Å². The molecule has 5 nitrogen and oxygen atoms in total. The third-order valence-corrected chi connectivity index (χ3v) is 4.37. The van der Waals surface area contributed by atoms with E-state index in [9.17, 15) is 14.9 Å². The van der Waals surface area contributed by atoms with Crippen molar-refractivity contribution in [3.63, 3.8) is 0 Å². The number of rotatable bonds is 17. The van der Waals surface area contributed by atoms with Crippen LogP contribution in [0.3, 0.4) is 0 Å². The second-order valence-corrected chi connectivity index (χ2v) is 6.55. The Morgan fingerprint density at radius 1 is 0.870 bits per heavy atom. The summed E-state index contributed by atoms with van der Waals surface area (Å²) in [5.74, 6) is -0.708. The fourth-order valence-electron chi connectivity index (χ4n) is 2.88. The Bertz CT molecular complexity index is 307. The summed E-state index contributed by atoms with van der Waals surface area (Å²) in [6, 6.07) is -0.345. The summed E-state index contributed by atoms with van der Waals surface area (Å²) in [7, 11) is 0. The number of nitrogens with zero attached hydrogens (tertiary/aromatic N) is 1. The van der Waals surface area contributed by atoms with Gasteiger partial charge in [0, 0.05) is 24.2 Å². The molecule has 0 aromatic heterocycles. The minimum absolute atomic E-state index is 0.0889. The summed E-state index contributed by atoms with van der Waals surface area (Å²) < 4.78 is 0. The van der Waals surface area contributed by atoms with Gasteiger partial charge < -0.3 is 5.11 Å². The molecule has 23 heavy (non-hydrogen) atoms. The Balaban J connectivity index is 3.45. The highest BCUT2D eigenvalue weighted by atomic mass is 16.6. The zero-order valence-corrected chi connectivity index (χ0v) is 14.8. The number of hydrogen-bond acceptors (Lipinski definition) is 3. The molecule has 0 aliphatic rings. The van der Waals surface area contributed by atoms with Gasteiger partial charge in [0.05, 0.1) is 0 Å². The fraction of sp³-hybridized carbons (Fsp3) is 0.944. The smallest absolute Gasteiger partial charge is 0.303 e. The maximum atomic E-state index is 11.0. The van der Waals surface area contributed by atoms with E-state index in [2.05, 4.69) is 6.92 Å². The maximum Gasteiger partial charge on any atom is 0.303 e. The van der Waals surface area contributed by atoms with Crippen molar-refractivity contribution in [3.05, 3.63) is 10.1 Å². The third-order valence-electron chi connectivity index (χ3n) is 4.37. The quantitative estimate of drug-likeness (QED) is 0.214. The van der Waals surface area contributed by atoms with Gasteiger partial charge in [0.1, 0.15) is 0 Å². The van der Waals surface area contributed by atoms with Crippen molar-refractivity contribution in [2.45, 2.75) is 109 Å². The molecule has 0 heterocycles. The van der Waals surface area contributed by atoms with Gasteiger partial charge in [-0.25, -0.2) is 0 Å². The van der Waals surface area contributed by atoms with Crippen molar-refractivity contribution in [2.24, 2.45) is 0 Å². The van der Waals surface area contributed by atoms with E-state index in [4.69, 9.17) is 5.11 Å². The standard InChI is InChI=1S/C18H35NO4/c1-2-3-4-11-14-17(19(22)23)15-12-9-7-5-6-8-10-13-16-18(20)21/h17H,2-16H2,1H3,(H,20,21). The van der Waals surface area contributed by atoms with E-state index >= 15 is 0 Å². The Morgan fingerprint density at radius 2 is 1.30 bits per heavy atom. The van der Waals surface area contributed by atoms with E-state index in [-0.39, 0.29) is 17.4 Å². The normalized spacial score (nSPS) is 12.2. The van der Waals surface area contributed by atoms with Crippen LogP contribution < -0.4 is 0 Å². The van der Waals surface area contributed by atoms with Crippen LogP contribution in [0.25, 0.3) is 0 Å². The van der Waals surface area contributed by atoms with Gasteiger partial charge in [0.2, 0.25) is 6.04 Å². The average molecular weight is 329 g/mol. The van der Waals surface area contributed by atoms with Crippen LogP contribution in [-0.4, -0.2) is 22.0 Å². The van der Waals surface area contributed by atoms with E-state index < -0.39 is 5.97 Å². The highest BCUT2D eigenvalue weighted by Crippen LogP contribution is 2.16. The highest BCUT2D eigenvalue weighted by Gasteiger charge is 2.18. The largest absolute Gasteiger partial charge is 0.481 e. The number of unbranched alkanes of at least 4 members (excludes halogenated alkanes) is 10. The van der Waals surface area contributed by atoms with Crippen LogP contribution in [0, 0.1) is 10.1 Å². The summed E-state index contributed by atoms with van der Waals surface area (Å²) in [5.41, 5.74) is 0. The summed E-state index contributed by atoms with van der Waals surface area (Å²) in [6.07, 6.45) is 14.5. The van der Waals surface area contributed by atoms with E-state index in [0.717, 1.165) is 77.0 Å². The first-order valence-corrected chi connectivity index (χ1v) is 9.43. The molecule has 0 saturated carbocycles. The molecular formula is C18H35NO4. The number of hydrogen-bond donors (Lipinski definition) is 1.